The maximum atomic E-state index is 11.1. The quantitative estimate of drug-likeness (QED) is 0.686. The number of rotatable bonds is 3. The normalized spacial score (nSPS) is 17.0. The Morgan fingerprint density at radius 3 is 2.95 bits per heavy atom. The Morgan fingerprint density at radius 2 is 2.14 bits per heavy atom. The largest absolute Gasteiger partial charge is 0.464 e. The third-order valence-electron chi connectivity index (χ3n) is 3.57. The summed E-state index contributed by atoms with van der Waals surface area (Å²) in [6, 6.07) is 7.94. The number of benzene rings is 1. The topological polar surface area (TPSA) is 104 Å². The van der Waals surface area contributed by atoms with Crippen LogP contribution in [0.15, 0.2) is 30.6 Å². The van der Waals surface area contributed by atoms with Gasteiger partial charge in [0.05, 0.1) is 4.92 Å². The van der Waals surface area contributed by atoms with Crippen molar-refractivity contribution in [2.75, 3.05) is 5.73 Å². The fourth-order valence-electron chi connectivity index (χ4n) is 2.60. The van der Waals surface area contributed by atoms with E-state index in [-0.39, 0.29) is 23.5 Å². The number of ether oxygens (including phenoxy) is 1. The van der Waals surface area contributed by atoms with Crippen LogP contribution in [0.2, 0.25) is 0 Å². The Hall–Kier alpha value is -2.70. The Morgan fingerprint density at radius 1 is 1.33 bits per heavy atom. The Kier molecular flexibility index (Phi) is 3.39. The first-order valence-electron chi connectivity index (χ1n) is 6.66. The van der Waals surface area contributed by atoms with E-state index < -0.39 is 4.92 Å². The zero-order valence-electron chi connectivity index (χ0n) is 11.2. The second kappa shape index (κ2) is 5.35. The molecule has 3 rings (SSSR count). The highest BCUT2D eigenvalue weighted by molar-refractivity contribution is 5.58. The molecule has 0 fully saturated rings. The number of aryl methyl sites for hydroxylation is 1. The van der Waals surface area contributed by atoms with E-state index in [1.54, 1.807) is 0 Å². The molecule has 1 atom stereocenters. The molecule has 0 aliphatic heterocycles. The number of hydrogen-bond donors (Lipinski definition) is 1. The second-order valence-corrected chi connectivity index (χ2v) is 4.87. The van der Waals surface area contributed by atoms with Crippen LogP contribution in [0.3, 0.4) is 0 Å². The summed E-state index contributed by atoms with van der Waals surface area (Å²) in [6.07, 6.45) is 3.67. The third kappa shape index (κ3) is 2.49. The van der Waals surface area contributed by atoms with Crippen LogP contribution < -0.4 is 10.5 Å². The van der Waals surface area contributed by atoms with E-state index in [1.165, 1.54) is 11.9 Å². The van der Waals surface area contributed by atoms with Gasteiger partial charge in [-0.3, -0.25) is 10.1 Å². The van der Waals surface area contributed by atoms with Crippen molar-refractivity contribution in [1.29, 1.82) is 0 Å². The van der Waals surface area contributed by atoms with Crippen LogP contribution in [-0.2, 0) is 6.42 Å². The van der Waals surface area contributed by atoms with Crippen molar-refractivity contribution < 1.29 is 9.66 Å². The maximum Gasteiger partial charge on any atom is 0.372 e. The molecule has 0 saturated carbocycles. The average Bonchev–Trinajstić information content (AvgIpc) is 2.47. The highest BCUT2D eigenvalue weighted by Crippen LogP contribution is 2.37. The summed E-state index contributed by atoms with van der Waals surface area (Å²) in [4.78, 5) is 18.0. The number of hydrogen-bond acceptors (Lipinski definition) is 6. The van der Waals surface area contributed by atoms with Crippen LogP contribution in [0.4, 0.5) is 11.5 Å². The fourth-order valence-corrected chi connectivity index (χ4v) is 2.60. The standard InChI is InChI=1S/C14H14N4O3/c15-13-12(18(19)20)14(17-8-16-13)21-11-7-3-5-9-4-1-2-6-10(9)11/h1-2,4,6,8,11H,3,5,7H2,(H2,15,16,17). The van der Waals surface area contributed by atoms with Crippen molar-refractivity contribution in [2.45, 2.75) is 25.4 Å². The monoisotopic (exact) mass is 286 g/mol. The lowest BCUT2D eigenvalue weighted by Crippen LogP contribution is -2.16. The van der Waals surface area contributed by atoms with Crippen molar-refractivity contribution in [3.8, 4) is 5.88 Å². The lowest BCUT2D eigenvalue weighted by atomic mass is 9.89. The molecule has 7 nitrogen and oxygen atoms in total. The number of aromatic nitrogens is 2. The Labute approximate surface area is 120 Å². The highest BCUT2D eigenvalue weighted by Gasteiger charge is 2.28. The first kappa shape index (κ1) is 13.3. The molecule has 0 spiro atoms. The van der Waals surface area contributed by atoms with E-state index in [0.717, 1.165) is 24.8 Å². The lowest BCUT2D eigenvalue weighted by Gasteiger charge is -2.25. The zero-order valence-corrected chi connectivity index (χ0v) is 11.2. The third-order valence-corrected chi connectivity index (χ3v) is 3.57. The van der Waals surface area contributed by atoms with Crippen molar-refractivity contribution in [3.63, 3.8) is 0 Å². The molecule has 1 aromatic carbocycles. The molecule has 2 aromatic rings. The number of nitrogens with zero attached hydrogens (tertiary/aromatic N) is 3. The van der Waals surface area contributed by atoms with E-state index in [1.807, 2.05) is 24.3 Å². The van der Waals surface area contributed by atoms with E-state index in [9.17, 15) is 10.1 Å². The predicted octanol–water partition coefficient (Wildman–Crippen LogP) is 2.42. The van der Waals surface area contributed by atoms with Gasteiger partial charge in [-0.05, 0) is 30.4 Å². The molecule has 0 amide bonds. The Bertz CT molecular complexity index is 690. The van der Waals surface area contributed by atoms with E-state index >= 15 is 0 Å². The first-order chi connectivity index (χ1) is 10.2. The fraction of sp³-hybridized carbons (Fsp3) is 0.286. The van der Waals surface area contributed by atoms with Crippen LogP contribution in [0.25, 0.3) is 0 Å². The van der Waals surface area contributed by atoms with Crippen molar-refractivity contribution in [3.05, 3.63) is 51.8 Å². The van der Waals surface area contributed by atoms with Crippen LogP contribution in [0.1, 0.15) is 30.1 Å². The van der Waals surface area contributed by atoms with Crippen molar-refractivity contribution in [2.24, 2.45) is 0 Å². The van der Waals surface area contributed by atoms with Crippen LogP contribution in [0.5, 0.6) is 5.88 Å². The molecule has 0 bridgehead atoms. The summed E-state index contributed by atoms with van der Waals surface area (Å²) in [5, 5.41) is 11.1. The van der Waals surface area contributed by atoms with Gasteiger partial charge in [-0.25, -0.2) is 4.98 Å². The van der Waals surface area contributed by atoms with Gasteiger partial charge in [0.2, 0.25) is 5.82 Å². The molecule has 0 radical (unpaired) electrons. The summed E-state index contributed by atoms with van der Waals surface area (Å²) in [6.45, 7) is 0. The predicted molar refractivity (Wildman–Crippen MR) is 75.8 cm³/mol. The smallest absolute Gasteiger partial charge is 0.372 e. The van der Waals surface area contributed by atoms with Gasteiger partial charge >= 0.3 is 5.69 Å². The van der Waals surface area contributed by atoms with Crippen molar-refractivity contribution in [1.82, 2.24) is 9.97 Å². The number of nitrogens with two attached hydrogens (primary N) is 1. The molecule has 2 N–H and O–H groups in total. The summed E-state index contributed by atoms with van der Waals surface area (Å²) < 4.78 is 5.78. The molecule has 1 unspecified atom stereocenters. The number of nitro groups is 1. The summed E-state index contributed by atoms with van der Waals surface area (Å²) in [5.74, 6) is -0.261. The van der Waals surface area contributed by atoms with Crippen LogP contribution >= 0.6 is 0 Å². The maximum absolute atomic E-state index is 11.1. The van der Waals surface area contributed by atoms with Gasteiger partial charge in [-0.15, -0.1) is 0 Å². The number of nitrogen functional groups attached to an aromatic ring is 1. The summed E-state index contributed by atoms with van der Waals surface area (Å²) >= 11 is 0. The molecular formula is C14H14N4O3. The second-order valence-electron chi connectivity index (χ2n) is 4.87. The molecular weight excluding hydrogens is 272 g/mol. The van der Waals surface area contributed by atoms with Gasteiger partial charge in [-0.2, -0.15) is 4.98 Å². The molecule has 1 aliphatic carbocycles. The van der Waals surface area contributed by atoms with Crippen LogP contribution in [-0.4, -0.2) is 14.9 Å². The van der Waals surface area contributed by atoms with Gasteiger partial charge in [0.15, 0.2) is 0 Å². The molecule has 7 heteroatoms. The first-order valence-corrected chi connectivity index (χ1v) is 6.66. The Balaban J connectivity index is 1.96. The van der Waals surface area contributed by atoms with E-state index in [0.29, 0.717) is 0 Å². The molecule has 0 saturated heterocycles. The van der Waals surface area contributed by atoms with Gasteiger partial charge in [-0.1, -0.05) is 24.3 Å². The molecule has 1 aliphatic rings. The van der Waals surface area contributed by atoms with Crippen LogP contribution in [0, 0.1) is 10.1 Å². The summed E-state index contributed by atoms with van der Waals surface area (Å²) in [5.41, 5.74) is 7.43. The average molecular weight is 286 g/mol. The van der Waals surface area contributed by atoms with E-state index in [4.69, 9.17) is 10.5 Å². The molecule has 108 valence electrons. The number of fused-ring (bicyclic) bond motifs is 1. The van der Waals surface area contributed by atoms with Gasteiger partial charge < -0.3 is 10.5 Å². The van der Waals surface area contributed by atoms with Gasteiger partial charge in [0.25, 0.3) is 5.88 Å². The minimum absolute atomic E-state index is 0.0748. The van der Waals surface area contributed by atoms with Crippen molar-refractivity contribution >= 4 is 11.5 Å². The molecule has 21 heavy (non-hydrogen) atoms. The lowest BCUT2D eigenvalue weighted by molar-refractivity contribution is -0.385. The van der Waals surface area contributed by atoms with Gasteiger partial charge in [0, 0.05) is 0 Å². The number of anilines is 1. The summed E-state index contributed by atoms with van der Waals surface area (Å²) in [7, 11) is 0. The van der Waals surface area contributed by atoms with E-state index in [2.05, 4.69) is 9.97 Å². The molecule has 1 heterocycles. The highest BCUT2D eigenvalue weighted by atomic mass is 16.6. The minimum Gasteiger partial charge on any atom is -0.464 e. The SMILES string of the molecule is Nc1ncnc(OC2CCCc3ccccc32)c1[N+](=O)[O-]. The minimum atomic E-state index is -0.612. The van der Waals surface area contributed by atoms with Gasteiger partial charge in [0.1, 0.15) is 12.4 Å². The molecule has 1 aromatic heterocycles. The zero-order chi connectivity index (χ0) is 14.8.